The number of carbonyl (C=O) groups excluding carboxylic acids is 4. The van der Waals surface area contributed by atoms with Crippen LogP contribution in [0.2, 0.25) is 10.3 Å². The second-order valence-electron chi connectivity index (χ2n) is 13.0. The number of anilines is 2. The summed E-state index contributed by atoms with van der Waals surface area (Å²) in [6.07, 6.45) is -10.1. The Morgan fingerprint density at radius 1 is 0.580 bits per heavy atom. The Labute approximate surface area is 395 Å². The van der Waals surface area contributed by atoms with Gasteiger partial charge in [0.05, 0.1) is 36.5 Å². The summed E-state index contributed by atoms with van der Waals surface area (Å²) in [5.41, 5.74) is 8.93. The van der Waals surface area contributed by atoms with Crippen molar-refractivity contribution in [1.29, 1.82) is 0 Å². The quantitative estimate of drug-likeness (QED) is 0.0414. The summed E-state index contributed by atoms with van der Waals surface area (Å²) in [4.78, 5) is 53.6. The van der Waals surface area contributed by atoms with Crippen LogP contribution in [0.5, 0.6) is 34.8 Å². The molecule has 7 N–H and O–H groups in total. The number of rotatable bonds is 11. The summed E-state index contributed by atoms with van der Waals surface area (Å²) in [5.74, 6) is -10.5. The number of hydrogen-bond donors (Lipinski definition) is 4. The van der Waals surface area contributed by atoms with Gasteiger partial charge in [-0.3, -0.25) is 19.2 Å². The average molecular weight is 1040 g/mol. The van der Waals surface area contributed by atoms with Crippen molar-refractivity contribution >= 4 is 69.1 Å². The van der Waals surface area contributed by atoms with E-state index < -0.39 is 97.9 Å². The van der Waals surface area contributed by atoms with Crippen LogP contribution >= 0.6 is 34.8 Å². The van der Waals surface area contributed by atoms with Gasteiger partial charge < -0.3 is 41.5 Å². The molecular formula is C42H27Cl3F10N6O8. The van der Waals surface area contributed by atoms with E-state index in [9.17, 15) is 63.1 Å². The van der Waals surface area contributed by atoms with E-state index in [0.29, 0.717) is 17.8 Å². The summed E-state index contributed by atoms with van der Waals surface area (Å²) in [7, 11) is 2.45. The largest absolute Gasteiger partial charge is 0.478 e. The number of primary amides is 2. The van der Waals surface area contributed by atoms with E-state index in [1.165, 1.54) is 50.6 Å². The fraction of sp³-hybridized carbons (Fsp3) is 0.0952. The SMILES string of the molecule is COc1nc(Cl)ccc1Oc1ccc(C(F)(F)F)c(F)c1C(=O)Cl.COc1nc(Cl)ccc1Oc1ccc(C(F)(F)F)c(F)c1C(=O)Nc1ccc(F)c(C(N)=O)c1.NC(=O)c1cc(N)ccc1F. The molecular weight excluding hydrogens is 1010 g/mol. The van der Waals surface area contributed by atoms with Crippen molar-refractivity contribution in [1.82, 2.24) is 9.97 Å². The summed E-state index contributed by atoms with van der Waals surface area (Å²) >= 11 is 16.6. The lowest BCUT2D eigenvalue weighted by atomic mass is 10.1. The minimum atomic E-state index is -5.13. The molecule has 14 nitrogen and oxygen atoms in total. The van der Waals surface area contributed by atoms with Crippen LogP contribution in [0.25, 0.3) is 0 Å². The lowest BCUT2D eigenvalue weighted by Crippen LogP contribution is -2.19. The van der Waals surface area contributed by atoms with Crippen molar-refractivity contribution in [3.63, 3.8) is 0 Å². The number of aromatic nitrogens is 2. The van der Waals surface area contributed by atoms with E-state index in [0.717, 1.165) is 36.4 Å². The molecule has 0 bridgehead atoms. The van der Waals surface area contributed by atoms with Gasteiger partial charge in [-0.2, -0.15) is 36.3 Å². The minimum absolute atomic E-state index is 0.00216. The van der Waals surface area contributed by atoms with Crippen LogP contribution in [0, 0.1) is 23.3 Å². The fourth-order valence-corrected chi connectivity index (χ4v) is 5.79. The van der Waals surface area contributed by atoms with E-state index in [1.54, 1.807) is 0 Å². The summed E-state index contributed by atoms with van der Waals surface area (Å²) in [5, 5.41) is 0.710. The molecule has 3 amide bonds. The normalized spacial score (nSPS) is 10.9. The molecule has 0 spiro atoms. The molecule has 6 aromatic rings. The average Bonchev–Trinajstić information content (AvgIpc) is 3.25. The molecule has 0 saturated carbocycles. The van der Waals surface area contributed by atoms with Crippen molar-refractivity contribution in [2.24, 2.45) is 11.5 Å². The van der Waals surface area contributed by atoms with Gasteiger partial charge in [0.25, 0.3) is 34.7 Å². The molecule has 364 valence electrons. The Morgan fingerprint density at radius 2 is 0.986 bits per heavy atom. The topological polar surface area (TPSA) is 221 Å². The molecule has 4 aromatic carbocycles. The van der Waals surface area contributed by atoms with Crippen LogP contribution < -0.4 is 41.5 Å². The number of nitrogens with zero attached hydrogens (tertiary/aromatic N) is 2. The number of ether oxygens (including phenoxy) is 4. The first kappa shape index (κ1) is 54.0. The molecule has 0 aliphatic carbocycles. The van der Waals surface area contributed by atoms with Crippen LogP contribution in [0.15, 0.2) is 84.9 Å². The lowest BCUT2D eigenvalue weighted by Gasteiger charge is -2.17. The van der Waals surface area contributed by atoms with Crippen molar-refractivity contribution < 1.29 is 82.0 Å². The van der Waals surface area contributed by atoms with E-state index in [1.807, 2.05) is 0 Å². The van der Waals surface area contributed by atoms with Gasteiger partial charge in [-0.15, -0.1) is 0 Å². The highest BCUT2D eigenvalue weighted by Gasteiger charge is 2.39. The number of methoxy groups -OCH3 is 2. The Kier molecular flexibility index (Phi) is 17.6. The number of nitrogens with two attached hydrogens (primary N) is 3. The minimum Gasteiger partial charge on any atom is -0.478 e. The predicted octanol–water partition coefficient (Wildman–Crippen LogP) is 10.8. The number of hydrogen-bond acceptors (Lipinski definition) is 11. The van der Waals surface area contributed by atoms with E-state index in [2.05, 4.69) is 15.3 Å². The summed E-state index contributed by atoms with van der Waals surface area (Å²) in [6, 6.07) is 13.7. The van der Waals surface area contributed by atoms with E-state index >= 15 is 0 Å². The number of nitrogen functional groups attached to an aromatic ring is 1. The van der Waals surface area contributed by atoms with Crippen molar-refractivity contribution in [2.45, 2.75) is 12.4 Å². The highest BCUT2D eigenvalue weighted by molar-refractivity contribution is 6.68. The molecule has 0 unspecified atom stereocenters. The number of benzene rings is 4. The molecule has 2 heterocycles. The monoisotopic (exact) mass is 1040 g/mol. The maximum absolute atomic E-state index is 14.9. The zero-order chi connectivity index (χ0) is 51.7. The Morgan fingerprint density at radius 3 is 1.39 bits per heavy atom. The Balaban J connectivity index is 0.000000255. The van der Waals surface area contributed by atoms with Crippen molar-refractivity contribution in [2.75, 3.05) is 25.3 Å². The molecule has 27 heteroatoms. The number of nitrogens with one attached hydrogen (secondary N) is 1. The molecule has 0 saturated heterocycles. The van der Waals surface area contributed by atoms with Gasteiger partial charge >= 0.3 is 12.4 Å². The standard InChI is InChI=1S/C21H13ClF5N3O4.C14H7Cl2F4NO3.C7H7FN2O/c1-33-20-14(6-7-15(22)30-20)34-13-5-3-11(21(25,26)27)17(24)16(13)19(32)29-9-2-4-12(23)10(8-9)18(28)31;1-23-13-8(4-5-9(15)21-13)24-7-3-2-6(14(18,19)20)11(17)10(7)12(16)22;8-6-2-1-4(9)3-5(6)7(10)11/h2-8H,1H3,(H2,28,31)(H,29,32);2-5H,1H3;1-3H,9H2,(H2,10,11). The smallest absolute Gasteiger partial charge is 0.419 e. The number of halogens is 13. The number of pyridine rings is 2. The van der Waals surface area contributed by atoms with Crippen LogP contribution in [-0.4, -0.2) is 47.2 Å². The maximum Gasteiger partial charge on any atom is 0.419 e. The van der Waals surface area contributed by atoms with E-state index in [-0.39, 0.29) is 44.8 Å². The number of carbonyl (C=O) groups is 4. The Bertz CT molecular complexity index is 2950. The second kappa shape index (κ2) is 22.5. The van der Waals surface area contributed by atoms with Crippen LogP contribution in [0.1, 0.15) is 52.6 Å². The molecule has 0 aliphatic heterocycles. The van der Waals surface area contributed by atoms with Gasteiger partial charge in [-0.25, -0.2) is 17.6 Å². The molecule has 6 rings (SSSR count). The Hall–Kier alpha value is -7.57. The molecule has 2 aromatic heterocycles. The summed E-state index contributed by atoms with van der Waals surface area (Å²) < 4.78 is 154. The van der Waals surface area contributed by atoms with Crippen LogP contribution in [0.4, 0.5) is 55.3 Å². The maximum atomic E-state index is 14.9. The molecule has 69 heavy (non-hydrogen) atoms. The molecule has 0 radical (unpaired) electrons. The highest BCUT2D eigenvalue weighted by Crippen LogP contribution is 2.41. The molecule has 0 atom stereocenters. The van der Waals surface area contributed by atoms with Gasteiger partial charge in [0.1, 0.15) is 44.6 Å². The zero-order valence-electron chi connectivity index (χ0n) is 34.4. The third kappa shape index (κ3) is 13.8. The second-order valence-corrected chi connectivity index (χ2v) is 14.1. The van der Waals surface area contributed by atoms with Crippen molar-refractivity contribution in [3.05, 3.63) is 152 Å². The van der Waals surface area contributed by atoms with Gasteiger partial charge in [-0.05, 0) is 96.5 Å². The third-order valence-corrected chi connectivity index (χ3v) is 9.01. The first-order chi connectivity index (χ1) is 32.2. The number of amides is 3. The van der Waals surface area contributed by atoms with Gasteiger partial charge in [0.15, 0.2) is 23.1 Å². The van der Waals surface area contributed by atoms with Gasteiger partial charge in [0, 0.05) is 11.4 Å². The molecule has 0 fully saturated rings. The molecule has 0 aliphatic rings. The highest BCUT2D eigenvalue weighted by atomic mass is 35.5. The summed E-state index contributed by atoms with van der Waals surface area (Å²) in [6.45, 7) is 0. The van der Waals surface area contributed by atoms with Crippen LogP contribution in [-0.2, 0) is 12.4 Å². The third-order valence-electron chi connectivity index (χ3n) is 8.40. The van der Waals surface area contributed by atoms with E-state index in [4.69, 9.17) is 71.0 Å². The predicted molar refractivity (Wildman–Crippen MR) is 227 cm³/mol. The first-order valence-electron chi connectivity index (χ1n) is 18.2. The van der Waals surface area contributed by atoms with Gasteiger partial charge in [0.2, 0.25) is 0 Å². The van der Waals surface area contributed by atoms with Crippen molar-refractivity contribution in [3.8, 4) is 34.8 Å². The lowest BCUT2D eigenvalue weighted by molar-refractivity contribution is -0.140. The number of alkyl halides is 6. The van der Waals surface area contributed by atoms with Crippen LogP contribution in [0.3, 0.4) is 0 Å². The van der Waals surface area contributed by atoms with Gasteiger partial charge in [-0.1, -0.05) is 23.2 Å². The fourth-order valence-electron chi connectivity index (χ4n) is 5.33. The first-order valence-corrected chi connectivity index (χ1v) is 19.3. The zero-order valence-corrected chi connectivity index (χ0v) is 36.7.